The summed E-state index contributed by atoms with van der Waals surface area (Å²) in [5.41, 5.74) is 8.93. The lowest BCUT2D eigenvalue weighted by Gasteiger charge is -2.19. The molecule has 0 aromatic carbocycles. The van der Waals surface area contributed by atoms with E-state index in [0.29, 0.717) is 6.04 Å². The van der Waals surface area contributed by atoms with Gasteiger partial charge in [0.1, 0.15) is 0 Å². The molecule has 3 rings (SSSR count). The van der Waals surface area contributed by atoms with E-state index in [1.54, 1.807) is 6.20 Å². The van der Waals surface area contributed by atoms with Crippen LogP contribution in [0.2, 0.25) is 0 Å². The van der Waals surface area contributed by atoms with Crippen molar-refractivity contribution in [3.05, 3.63) is 31.0 Å². The average Bonchev–Trinajstić information content (AvgIpc) is 2.82. The molecule has 2 aromatic rings. The van der Waals surface area contributed by atoms with Crippen molar-refractivity contribution >= 4 is 5.69 Å². The Kier molecular flexibility index (Phi) is 3.72. The van der Waals surface area contributed by atoms with Gasteiger partial charge < -0.3 is 10.3 Å². The molecule has 1 aliphatic carbocycles. The Morgan fingerprint density at radius 2 is 2.05 bits per heavy atom. The van der Waals surface area contributed by atoms with Crippen LogP contribution in [0, 0.1) is 5.92 Å². The normalized spacial score (nSPS) is 23.4. The molecule has 0 saturated heterocycles. The second-order valence-electron chi connectivity index (χ2n) is 5.92. The minimum Gasteiger partial charge on any atom is -0.398 e. The van der Waals surface area contributed by atoms with Crippen LogP contribution in [-0.2, 0) is 0 Å². The first kappa shape index (κ1) is 13.2. The van der Waals surface area contributed by atoms with Crippen molar-refractivity contribution in [2.24, 2.45) is 5.92 Å². The molecule has 0 bridgehead atoms. The van der Waals surface area contributed by atoms with Crippen molar-refractivity contribution < 1.29 is 0 Å². The number of anilines is 1. The van der Waals surface area contributed by atoms with Crippen LogP contribution in [0.15, 0.2) is 31.0 Å². The van der Waals surface area contributed by atoms with Crippen LogP contribution in [0.25, 0.3) is 11.3 Å². The maximum absolute atomic E-state index is 6.08. The predicted molar refractivity (Wildman–Crippen MR) is 81.2 cm³/mol. The molecule has 4 heteroatoms. The standard InChI is InChI=1S/C16H22N4/c1-12-3-2-4-13(6-5-12)20-11-19-10-16(20)14-9-18-8-7-15(14)17/h7-13H,2-6H2,1H3,(H2,17,18). The fourth-order valence-corrected chi connectivity index (χ4v) is 3.17. The van der Waals surface area contributed by atoms with Crippen molar-refractivity contribution in [2.75, 3.05) is 5.73 Å². The van der Waals surface area contributed by atoms with Crippen LogP contribution < -0.4 is 5.73 Å². The zero-order valence-corrected chi connectivity index (χ0v) is 12.0. The van der Waals surface area contributed by atoms with E-state index in [2.05, 4.69) is 21.5 Å². The van der Waals surface area contributed by atoms with Gasteiger partial charge in [0.2, 0.25) is 0 Å². The van der Waals surface area contributed by atoms with Gasteiger partial charge in [-0.15, -0.1) is 0 Å². The van der Waals surface area contributed by atoms with E-state index in [9.17, 15) is 0 Å². The van der Waals surface area contributed by atoms with Crippen molar-refractivity contribution in [2.45, 2.75) is 45.1 Å². The molecule has 2 atom stereocenters. The Labute approximate surface area is 120 Å². The third kappa shape index (κ3) is 2.55. The summed E-state index contributed by atoms with van der Waals surface area (Å²) in [6.07, 6.45) is 13.8. The van der Waals surface area contributed by atoms with Gasteiger partial charge in [0.25, 0.3) is 0 Å². The van der Waals surface area contributed by atoms with Gasteiger partial charge in [0, 0.05) is 29.7 Å². The minimum absolute atomic E-state index is 0.539. The number of nitrogens with two attached hydrogens (primary N) is 1. The molecule has 106 valence electrons. The smallest absolute Gasteiger partial charge is 0.0953 e. The fraction of sp³-hybridized carbons (Fsp3) is 0.500. The van der Waals surface area contributed by atoms with Gasteiger partial charge in [-0.2, -0.15) is 0 Å². The summed E-state index contributed by atoms with van der Waals surface area (Å²) in [6.45, 7) is 2.36. The highest BCUT2D eigenvalue weighted by atomic mass is 15.1. The van der Waals surface area contributed by atoms with E-state index in [0.717, 1.165) is 22.9 Å². The average molecular weight is 270 g/mol. The van der Waals surface area contributed by atoms with Crippen molar-refractivity contribution in [1.29, 1.82) is 0 Å². The Morgan fingerprint density at radius 1 is 1.15 bits per heavy atom. The Morgan fingerprint density at radius 3 is 2.90 bits per heavy atom. The predicted octanol–water partition coefficient (Wildman–Crippen LogP) is 3.67. The molecule has 2 unspecified atom stereocenters. The van der Waals surface area contributed by atoms with Crippen molar-refractivity contribution in [1.82, 2.24) is 14.5 Å². The van der Waals surface area contributed by atoms with E-state index in [-0.39, 0.29) is 0 Å². The number of nitrogens with zero attached hydrogens (tertiary/aromatic N) is 3. The van der Waals surface area contributed by atoms with Crippen LogP contribution in [0.5, 0.6) is 0 Å². The number of imidazole rings is 1. The van der Waals surface area contributed by atoms with E-state index < -0.39 is 0 Å². The second kappa shape index (κ2) is 5.65. The topological polar surface area (TPSA) is 56.7 Å². The molecule has 2 aromatic heterocycles. The van der Waals surface area contributed by atoms with E-state index >= 15 is 0 Å². The molecule has 2 N–H and O–H groups in total. The largest absolute Gasteiger partial charge is 0.398 e. The summed E-state index contributed by atoms with van der Waals surface area (Å²) in [6, 6.07) is 2.39. The first-order valence-corrected chi connectivity index (χ1v) is 7.47. The van der Waals surface area contributed by atoms with Crippen molar-refractivity contribution in [3.8, 4) is 11.3 Å². The Hall–Kier alpha value is -1.84. The highest BCUT2D eigenvalue weighted by molar-refractivity contribution is 5.72. The lowest BCUT2D eigenvalue weighted by atomic mass is 10.0. The first-order valence-electron chi connectivity index (χ1n) is 7.47. The quantitative estimate of drug-likeness (QED) is 0.847. The molecular weight excluding hydrogens is 248 g/mol. The molecule has 1 aliphatic rings. The van der Waals surface area contributed by atoms with E-state index in [4.69, 9.17) is 5.73 Å². The van der Waals surface area contributed by atoms with Crippen LogP contribution in [-0.4, -0.2) is 14.5 Å². The molecule has 0 amide bonds. The maximum atomic E-state index is 6.08. The van der Waals surface area contributed by atoms with Crippen LogP contribution >= 0.6 is 0 Å². The summed E-state index contributed by atoms with van der Waals surface area (Å²) >= 11 is 0. The maximum Gasteiger partial charge on any atom is 0.0953 e. The van der Waals surface area contributed by atoms with Crippen LogP contribution in [0.4, 0.5) is 5.69 Å². The molecule has 4 nitrogen and oxygen atoms in total. The summed E-state index contributed by atoms with van der Waals surface area (Å²) in [5, 5.41) is 0. The number of hydrogen-bond donors (Lipinski definition) is 1. The zero-order chi connectivity index (χ0) is 13.9. The van der Waals surface area contributed by atoms with Gasteiger partial charge >= 0.3 is 0 Å². The molecule has 0 aliphatic heterocycles. The highest BCUT2D eigenvalue weighted by Gasteiger charge is 2.20. The molecule has 0 radical (unpaired) electrons. The minimum atomic E-state index is 0.539. The third-order valence-corrected chi connectivity index (χ3v) is 4.42. The Balaban J connectivity index is 1.92. The lowest BCUT2D eigenvalue weighted by molar-refractivity contribution is 0.435. The van der Waals surface area contributed by atoms with Gasteiger partial charge in [-0.1, -0.05) is 19.8 Å². The second-order valence-corrected chi connectivity index (χ2v) is 5.92. The highest BCUT2D eigenvalue weighted by Crippen LogP contribution is 2.34. The third-order valence-electron chi connectivity index (χ3n) is 4.42. The lowest BCUT2D eigenvalue weighted by Crippen LogP contribution is -2.09. The van der Waals surface area contributed by atoms with Gasteiger partial charge in [-0.05, 0) is 31.2 Å². The molecule has 2 heterocycles. The molecular formula is C16H22N4. The summed E-state index contributed by atoms with van der Waals surface area (Å²) in [7, 11) is 0. The molecule has 1 saturated carbocycles. The number of hydrogen-bond acceptors (Lipinski definition) is 3. The Bertz CT molecular complexity index is 575. The number of nitrogen functional groups attached to an aromatic ring is 1. The fourth-order valence-electron chi connectivity index (χ4n) is 3.17. The molecule has 1 fully saturated rings. The SMILES string of the molecule is CC1CCCC(n2cncc2-c2cnccc2N)CC1. The van der Waals surface area contributed by atoms with Crippen molar-refractivity contribution in [3.63, 3.8) is 0 Å². The summed E-state index contributed by atoms with van der Waals surface area (Å²) < 4.78 is 2.30. The first-order chi connectivity index (χ1) is 9.75. The van der Waals surface area contributed by atoms with Gasteiger partial charge in [-0.3, -0.25) is 4.98 Å². The molecule has 20 heavy (non-hydrogen) atoms. The van der Waals surface area contributed by atoms with E-state index in [1.807, 2.05) is 24.8 Å². The number of rotatable bonds is 2. The number of aromatic nitrogens is 3. The monoisotopic (exact) mass is 270 g/mol. The van der Waals surface area contributed by atoms with Gasteiger partial charge in [0.15, 0.2) is 0 Å². The van der Waals surface area contributed by atoms with E-state index in [1.165, 1.54) is 32.1 Å². The van der Waals surface area contributed by atoms with Gasteiger partial charge in [0.05, 0.1) is 18.2 Å². The van der Waals surface area contributed by atoms with Crippen LogP contribution in [0.3, 0.4) is 0 Å². The zero-order valence-electron chi connectivity index (χ0n) is 12.0. The summed E-state index contributed by atoms with van der Waals surface area (Å²) in [4.78, 5) is 8.54. The summed E-state index contributed by atoms with van der Waals surface area (Å²) in [5.74, 6) is 0.843. The number of pyridine rings is 1. The molecule has 0 spiro atoms. The van der Waals surface area contributed by atoms with Gasteiger partial charge in [-0.25, -0.2) is 4.98 Å². The van der Waals surface area contributed by atoms with Crippen LogP contribution in [0.1, 0.15) is 45.1 Å².